The van der Waals surface area contributed by atoms with E-state index in [0.29, 0.717) is 11.0 Å². The van der Waals surface area contributed by atoms with Gasteiger partial charge in [-0.3, -0.25) is 0 Å². The normalized spacial score (nSPS) is 12.7. The highest BCUT2D eigenvalue weighted by Crippen LogP contribution is 2.35. The molecule has 0 bridgehead atoms. The van der Waals surface area contributed by atoms with Gasteiger partial charge in [0.15, 0.2) is 0 Å². The lowest BCUT2D eigenvalue weighted by atomic mass is 10.2. The highest BCUT2D eigenvalue weighted by Gasteiger charge is 2.33. The smallest absolute Gasteiger partial charge is 0.131 e. The molecule has 70 valence electrons. The Hall–Kier alpha value is -0.223. The largest absolute Gasteiger partial charge is 0.137 e. The van der Waals surface area contributed by atoms with Crippen LogP contribution in [-0.4, -0.2) is 8.07 Å². The van der Waals surface area contributed by atoms with Gasteiger partial charge in [-0.05, 0) is 5.04 Å². The monoisotopic (exact) mass is 182 g/mol. The SMILES string of the molecule is CC(C)C#C[Si](C)(C)C(C)(C)C. The third-order valence-corrected chi connectivity index (χ3v) is 7.07. The van der Waals surface area contributed by atoms with E-state index in [2.05, 4.69) is 59.2 Å². The lowest BCUT2D eigenvalue weighted by molar-refractivity contribution is 0.730. The van der Waals surface area contributed by atoms with E-state index in [0.717, 1.165) is 0 Å². The summed E-state index contributed by atoms with van der Waals surface area (Å²) in [7, 11) is -1.33. The Labute approximate surface area is 78.8 Å². The summed E-state index contributed by atoms with van der Waals surface area (Å²) < 4.78 is 0. The summed E-state index contributed by atoms with van der Waals surface area (Å²) in [5, 5.41) is 0.398. The van der Waals surface area contributed by atoms with Crippen LogP contribution in [0.25, 0.3) is 0 Å². The van der Waals surface area contributed by atoms with E-state index in [-0.39, 0.29) is 0 Å². The zero-order chi connectivity index (χ0) is 9.99. The first-order valence-corrected chi connectivity index (χ1v) is 7.69. The molecule has 0 fully saturated rings. The van der Waals surface area contributed by atoms with Crippen LogP contribution in [0.15, 0.2) is 0 Å². The van der Waals surface area contributed by atoms with E-state index in [4.69, 9.17) is 0 Å². The topological polar surface area (TPSA) is 0 Å². The molecule has 0 saturated heterocycles. The van der Waals surface area contributed by atoms with Crippen LogP contribution >= 0.6 is 0 Å². The van der Waals surface area contributed by atoms with Crippen LogP contribution in [0.3, 0.4) is 0 Å². The predicted molar refractivity (Wildman–Crippen MR) is 59.8 cm³/mol. The van der Waals surface area contributed by atoms with Crippen LogP contribution in [0.4, 0.5) is 0 Å². The van der Waals surface area contributed by atoms with Gasteiger partial charge in [0.2, 0.25) is 0 Å². The summed E-state index contributed by atoms with van der Waals surface area (Å²) in [6.07, 6.45) is 0. The third kappa shape index (κ3) is 3.45. The standard InChI is InChI=1S/C11H22Si/c1-10(2)8-9-12(6,7)11(3,4)5/h10H,1-7H3. The van der Waals surface area contributed by atoms with Crippen molar-refractivity contribution in [1.29, 1.82) is 0 Å². The molecule has 0 atom stereocenters. The van der Waals surface area contributed by atoms with Crippen molar-refractivity contribution in [1.82, 2.24) is 0 Å². The van der Waals surface area contributed by atoms with Crippen LogP contribution in [0.1, 0.15) is 34.6 Å². The number of hydrogen-bond donors (Lipinski definition) is 0. The lowest BCUT2D eigenvalue weighted by Gasteiger charge is -2.31. The molecular formula is C11H22Si. The zero-order valence-corrected chi connectivity index (χ0v) is 10.6. The summed E-state index contributed by atoms with van der Waals surface area (Å²) in [6.45, 7) is 15.9. The molecule has 0 radical (unpaired) electrons. The highest BCUT2D eigenvalue weighted by atomic mass is 28.3. The Bertz CT molecular complexity index is 195. The van der Waals surface area contributed by atoms with Crippen molar-refractivity contribution in [3.63, 3.8) is 0 Å². The first-order valence-electron chi connectivity index (χ1n) is 4.69. The molecule has 0 aromatic carbocycles. The maximum atomic E-state index is 3.49. The Balaban J connectivity index is 4.57. The van der Waals surface area contributed by atoms with Gasteiger partial charge in [-0.2, -0.15) is 0 Å². The Morgan fingerprint density at radius 2 is 1.50 bits per heavy atom. The summed E-state index contributed by atoms with van der Waals surface area (Å²) in [6, 6.07) is 0. The first-order chi connectivity index (χ1) is 5.17. The Morgan fingerprint density at radius 3 is 1.75 bits per heavy atom. The molecule has 0 aromatic heterocycles. The predicted octanol–water partition coefficient (Wildman–Crippen LogP) is 3.69. The summed E-state index contributed by atoms with van der Waals surface area (Å²) >= 11 is 0. The van der Waals surface area contributed by atoms with Gasteiger partial charge in [0.1, 0.15) is 8.07 Å². The number of rotatable bonds is 0. The average Bonchev–Trinajstić information content (AvgIpc) is 1.81. The van der Waals surface area contributed by atoms with Crippen LogP contribution in [-0.2, 0) is 0 Å². The molecule has 0 aliphatic carbocycles. The summed E-state index contributed by atoms with van der Waals surface area (Å²) in [4.78, 5) is 0. The molecule has 0 aromatic rings. The quantitative estimate of drug-likeness (QED) is 0.396. The zero-order valence-electron chi connectivity index (χ0n) is 9.58. The van der Waals surface area contributed by atoms with Gasteiger partial charge in [-0.15, -0.1) is 11.5 Å². The average molecular weight is 182 g/mol. The van der Waals surface area contributed by atoms with E-state index >= 15 is 0 Å². The van der Waals surface area contributed by atoms with Gasteiger partial charge in [0.05, 0.1) is 0 Å². The molecule has 1 heteroatoms. The van der Waals surface area contributed by atoms with E-state index < -0.39 is 8.07 Å². The summed E-state index contributed by atoms with van der Waals surface area (Å²) in [5.41, 5.74) is 3.49. The fraction of sp³-hybridized carbons (Fsp3) is 0.818. The van der Waals surface area contributed by atoms with Gasteiger partial charge < -0.3 is 0 Å². The number of hydrogen-bond acceptors (Lipinski definition) is 0. The van der Waals surface area contributed by atoms with E-state index in [9.17, 15) is 0 Å². The van der Waals surface area contributed by atoms with Crippen molar-refractivity contribution in [3.8, 4) is 11.5 Å². The molecule has 0 saturated carbocycles. The van der Waals surface area contributed by atoms with Crippen molar-refractivity contribution in [2.45, 2.75) is 52.8 Å². The molecule has 0 spiro atoms. The van der Waals surface area contributed by atoms with Crippen molar-refractivity contribution in [2.24, 2.45) is 5.92 Å². The van der Waals surface area contributed by atoms with E-state index in [1.54, 1.807) is 0 Å². The van der Waals surface area contributed by atoms with Gasteiger partial charge >= 0.3 is 0 Å². The lowest BCUT2D eigenvalue weighted by Crippen LogP contribution is -2.35. The fourth-order valence-electron chi connectivity index (χ4n) is 0.512. The van der Waals surface area contributed by atoms with Crippen LogP contribution in [0.2, 0.25) is 18.1 Å². The molecule has 0 aliphatic rings. The van der Waals surface area contributed by atoms with Gasteiger partial charge in [0, 0.05) is 5.92 Å². The molecule has 0 heterocycles. The maximum absolute atomic E-state index is 3.49. The third-order valence-electron chi connectivity index (χ3n) is 2.55. The molecule has 0 unspecified atom stereocenters. The Kier molecular flexibility index (Phi) is 3.59. The van der Waals surface area contributed by atoms with Gasteiger partial charge in [-0.25, -0.2) is 0 Å². The first kappa shape index (κ1) is 11.8. The minimum absolute atomic E-state index is 0.398. The maximum Gasteiger partial charge on any atom is 0.137 e. The van der Waals surface area contributed by atoms with Crippen molar-refractivity contribution >= 4 is 8.07 Å². The van der Waals surface area contributed by atoms with Crippen LogP contribution in [0, 0.1) is 17.4 Å². The summed E-state index contributed by atoms with van der Waals surface area (Å²) in [5.74, 6) is 3.82. The molecule has 12 heavy (non-hydrogen) atoms. The second kappa shape index (κ2) is 3.66. The van der Waals surface area contributed by atoms with Crippen molar-refractivity contribution in [2.75, 3.05) is 0 Å². The van der Waals surface area contributed by atoms with Crippen molar-refractivity contribution < 1.29 is 0 Å². The minimum atomic E-state index is -1.33. The van der Waals surface area contributed by atoms with E-state index in [1.165, 1.54) is 0 Å². The fourth-order valence-corrected chi connectivity index (χ4v) is 1.54. The van der Waals surface area contributed by atoms with Crippen molar-refractivity contribution in [3.05, 3.63) is 0 Å². The van der Waals surface area contributed by atoms with Gasteiger partial charge in [0.25, 0.3) is 0 Å². The molecule has 0 nitrogen and oxygen atoms in total. The highest BCUT2D eigenvalue weighted by molar-refractivity contribution is 6.87. The molecular weight excluding hydrogens is 160 g/mol. The molecule has 0 N–H and O–H groups in total. The molecule has 0 rings (SSSR count). The Morgan fingerprint density at radius 1 is 1.08 bits per heavy atom. The second-order valence-electron chi connectivity index (χ2n) is 5.30. The molecule has 0 amide bonds. The second-order valence-corrected chi connectivity index (χ2v) is 10.3. The van der Waals surface area contributed by atoms with Crippen LogP contribution < -0.4 is 0 Å². The van der Waals surface area contributed by atoms with Gasteiger partial charge in [-0.1, -0.05) is 47.7 Å². The minimum Gasteiger partial charge on any atom is -0.131 e. The molecule has 0 aliphatic heterocycles. The van der Waals surface area contributed by atoms with Crippen LogP contribution in [0.5, 0.6) is 0 Å². The van der Waals surface area contributed by atoms with E-state index in [1.807, 2.05) is 0 Å².